The summed E-state index contributed by atoms with van der Waals surface area (Å²) in [5.41, 5.74) is 10.2. The van der Waals surface area contributed by atoms with Crippen molar-refractivity contribution in [2.24, 2.45) is 0 Å². The lowest BCUT2D eigenvalue weighted by atomic mass is 9.78. The van der Waals surface area contributed by atoms with Gasteiger partial charge in [-0.25, -0.2) is 0 Å². The topological polar surface area (TPSA) is 36.9 Å². The van der Waals surface area contributed by atoms with Crippen LogP contribution in [0.15, 0.2) is 133 Å². The predicted molar refractivity (Wildman–Crippen MR) is 217 cm³/mol. The van der Waals surface area contributed by atoms with Gasteiger partial charge in [0.15, 0.2) is 0 Å². The van der Waals surface area contributed by atoms with Crippen LogP contribution in [0.1, 0.15) is 55.4 Å². The number of fused-ring (bicyclic) bond motifs is 1. The van der Waals surface area contributed by atoms with Gasteiger partial charge in [-0.3, -0.25) is 0 Å². The molecule has 0 saturated carbocycles. The fourth-order valence-electron chi connectivity index (χ4n) is 7.12. The number of rotatable bonds is 6. The fourth-order valence-corrected chi connectivity index (χ4v) is 7.12. The molecule has 0 N–H and O–H groups in total. The second kappa shape index (κ2) is 12.6. The van der Waals surface area contributed by atoms with Gasteiger partial charge in [0, 0.05) is 0 Å². The molecule has 52 heavy (non-hydrogen) atoms. The number of hydrogen-bond donors (Lipinski definition) is 0. The maximum absolute atomic E-state index is 6.25. The largest absolute Gasteiger partial charge is 0.494 e. The first-order chi connectivity index (χ1) is 24.7. The highest BCUT2D eigenvalue weighted by Gasteiger charge is 2.52. The highest BCUT2D eigenvalue weighted by molar-refractivity contribution is 6.62. The molecule has 0 amide bonds. The van der Waals surface area contributed by atoms with Crippen molar-refractivity contribution in [1.29, 1.82) is 0 Å². The van der Waals surface area contributed by atoms with Crippen molar-refractivity contribution < 1.29 is 18.6 Å². The van der Waals surface area contributed by atoms with Crippen LogP contribution >= 0.6 is 0 Å². The predicted octanol–water partition coefficient (Wildman–Crippen LogP) is 10.1. The first-order valence-electron chi connectivity index (χ1n) is 18.4. The Balaban J connectivity index is 1.00. The van der Waals surface area contributed by atoms with E-state index in [4.69, 9.17) is 18.6 Å². The smallest absolute Gasteiger partial charge is 0.399 e. The molecule has 0 aliphatic carbocycles. The van der Waals surface area contributed by atoms with Crippen LogP contribution in [-0.2, 0) is 18.6 Å². The third-order valence-corrected chi connectivity index (χ3v) is 11.9. The average molecular weight is 684 g/mol. The van der Waals surface area contributed by atoms with Crippen LogP contribution in [-0.4, -0.2) is 36.6 Å². The Kier molecular flexibility index (Phi) is 8.39. The molecule has 260 valence electrons. The normalized spacial score (nSPS) is 18.6. The Morgan fingerprint density at radius 3 is 0.846 bits per heavy atom. The molecular weight excluding hydrogens is 638 g/mol. The second-order valence-corrected chi connectivity index (χ2v) is 16.3. The van der Waals surface area contributed by atoms with Crippen molar-refractivity contribution >= 4 is 35.9 Å². The molecule has 0 bridgehead atoms. The molecule has 4 nitrogen and oxygen atoms in total. The first kappa shape index (κ1) is 34.6. The molecule has 2 aliphatic rings. The van der Waals surface area contributed by atoms with Gasteiger partial charge in [-0.05, 0) is 122 Å². The van der Waals surface area contributed by atoms with Crippen LogP contribution in [0.2, 0.25) is 0 Å². The van der Waals surface area contributed by atoms with E-state index in [-0.39, 0.29) is 36.6 Å². The second-order valence-electron chi connectivity index (χ2n) is 16.3. The van der Waals surface area contributed by atoms with Crippen molar-refractivity contribution in [3.8, 4) is 44.5 Å². The van der Waals surface area contributed by atoms with Crippen molar-refractivity contribution in [3.63, 3.8) is 0 Å². The van der Waals surface area contributed by atoms with E-state index in [1.165, 1.54) is 44.2 Å². The van der Waals surface area contributed by atoms with Crippen molar-refractivity contribution in [3.05, 3.63) is 133 Å². The van der Waals surface area contributed by atoms with Crippen molar-refractivity contribution in [2.45, 2.75) is 77.8 Å². The van der Waals surface area contributed by atoms with E-state index in [1.54, 1.807) is 0 Å². The standard InChI is InChI=1S/C46H46B2O4/c1-43(2)44(3,4)50-47(49-43)37-27-23-33(24-28-37)31-15-19-35(20-16-31)39-11-9-14-42-40(12-10-13-41(39)42)36-21-17-32(18-22-36)34-25-29-38(30-26-34)48-51-45(5,6)46(7,8)52-48/h9-30H,1-8H3. The third kappa shape index (κ3) is 6.12. The number of hydrogen-bond acceptors (Lipinski definition) is 4. The summed E-state index contributed by atoms with van der Waals surface area (Å²) in [4.78, 5) is 0. The van der Waals surface area contributed by atoms with E-state index in [1.807, 2.05) is 0 Å². The molecule has 6 aromatic rings. The van der Waals surface area contributed by atoms with Gasteiger partial charge >= 0.3 is 14.2 Å². The van der Waals surface area contributed by atoms with Crippen LogP contribution in [0.25, 0.3) is 55.3 Å². The monoisotopic (exact) mass is 684 g/mol. The van der Waals surface area contributed by atoms with Gasteiger partial charge in [0.2, 0.25) is 0 Å². The van der Waals surface area contributed by atoms with Crippen LogP contribution < -0.4 is 10.9 Å². The quantitative estimate of drug-likeness (QED) is 0.164. The van der Waals surface area contributed by atoms with E-state index in [2.05, 4.69) is 189 Å². The molecule has 6 heteroatoms. The molecule has 2 fully saturated rings. The molecule has 2 saturated heterocycles. The summed E-state index contributed by atoms with van der Waals surface area (Å²) in [6, 6.07) is 48.1. The summed E-state index contributed by atoms with van der Waals surface area (Å²) >= 11 is 0. The molecule has 2 aliphatic heterocycles. The summed E-state index contributed by atoms with van der Waals surface area (Å²) in [6.07, 6.45) is 0. The Bertz CT molecular complexity index is 2040. The van der Waals surface area contributed by atoms with Crippen LogP contribution in [0, 0.1) is 0 Å². The van der Waals surface area contributed by atoms with Crippen LogP contribution in [0.3, 0.4) is 0 Å². The van der Waals surface area contributed by atoms with Gasteiger partial charge in [0.05, 0.1) is 22.4 Å². The highest BCUT2D eigenvalue weighted by Crippen LogP contribution is 2.39. The Morgan fingerprint density at radius 1 is 0.308 bits per heavy atom. The van der Waals surface area contributed by atoms with E-state index in [9.17, 15) is 0 Å². The molecule has 8 rings (SSSR count). The fraction of sp³-hybridized carbons (Fsp3) is 0.261. The van der Waals surface area contributed by atoms with E-state index in [0.717, 1.165) is 22.1 Å². The Morgan fingerprint density at radius 2 is 0.558 bits per heavy atom. The lowest BCUT2D eigenvalue weighted by molar-refractivity contribution is 0.00578. The van der Waals surface area contributed by atoms with E-state index >= 15 is 0 Å². The zero-order chi connectivity index (χ0) is 36.5. The summed E-state index contributed by atoms with van der Waals surface area (Å²) in [5.74, 6) is 0. The minimum Gasteiger partial charge on any atom is -0.399 e. The average Bonchev–Trinajstić information content (AvgIpc) is 3.50. The molecular formula is C46H46B2O4. The molecule has 0 atom stereocenters. The van der Waals surface area contributed by atoms with Gasteiger partial charge < -0.3 is 18.6 Å². The van der Waals surface area contributed by atoms with Gasteiger partial charge in [0.25, 0.3) is 0 Å². The van der Waals surface area contributed by atoms with Crippen molar-refractivity contribution in [1.82, 2.24) is 0 Å². The first-order valence-corrected chi connectivity index (χ1v) is 18.4. The van der Waals surface area contributed by atoms with E-state index in [0.29, 0.717) is 0 Å². The van der Waals surface area contributed by atoms with Crippen LogP contribution in [0.5, 0.6) is 0 Å². The number of benzene rings is 6. The molecule has 2 heterocycles. The van der Waals surface area contributed by atoms with Gasteiger partial charge in [-0.1, -0.05) is 133 Å². The van der Waals surface area contributed by atoms with Gasteiger partial charge in [-0.15, -0.1) is 0 Å². The van der Waals surface area contributed by atoms with Gasteiger partial charge in [-0.2, -0.15) is 0 Å². The SMILES string of the molecule is CC1(C)OB(c2ccc(-c3ccc(-c4cccc5c(-c6ccc(-c7ccc(B8OC(C)(C)C(C)(C)O8)cc7)cc6)cccc45)cc3)cc2)OC1(C)C. The molecule has 0 unspecified atom stereocenters. The van der Waals surface area contributed by atoms with Gasteiger partial charge in [0.1, 0.15) is 0 Å². The highest BCUT2D eigenvalue weighted by atomic mass is 16.7. The maximum Gasteiger partial charge on any atom is 0.494 e. The zero-order valence-corrected chi connectivity index (χ0v) is 31.5. The summed E-state index contributed by atoms with van der Waals surface area (Å²) < 4.78 is 25.0. The Hall–Kier alpha value is -4.45. The lowest BCUT2D eigenvalue weighted by Gasteiger charge is -2.32. The Labute approximate surface area is 309 Å². The summed E-state index contributed by atoms with van der Waals surface area (Å²) in [6.45, 7) is 16.7. The summed E-state index contributed by atoms with van der Waals surface area (Å²) in [7, 11) is -0.718. The molecule has 0 aromatic heterocycles. The van der Waals surface area contributed by atoms with Crippen molar-refractivity contribution in [2.75, 3.05) is 0 Å². The summed E-state index contributed by atoms with van der Waals surface area (Å²) in [5, 5.41) is 2.48. The molecule has 0 spiro atoms. The van der Waals surface area contributed by atoms with E-state index < -0.39 is 0 Å². The van der Waals surface area contributed by atoms with Crippen LogP contribution in [0.4, 0.5) is 0 Å². The zero-order valence-electron chi connectivity index (χ0n) is 31.5. The minimum absolute atomic E-state index is 0.357. The maximum atomic E-state index is 6.25. The third-order valence-electron chi connectivity index (χ3n) is 11.9. The molecule has 0 radical (unpaired) electrons. The molecule has 6 aromatic carbocycles. The lowest BCUT2D eigenvalue weighted by Crippen LogP contribution is -2.41. The minimum atomic E-state index is -0.359.